The van der Waals surface area contributed by atoms with Crippen molar-refractivity contribution in [3.05, 3.63) is 51.4 Å². The molecule has 1 aromatic carbocycles. The van der Waals surface area contributed by atoms with Crippen LogP contribution in [0.5, 0.6) is 0 Å². The molecule has 1 aromatic heterocycles. The number of benzene rings is 1. The molecule has 2 aromatic rings. The molecular formula is C18H21N3O5S. The maximum absolute atomic E-state index is 11.4. The molecule has 0 aliphatic carbocycles. The standard InChI is InChI=1S/C18H21N3O5S/c1-12(18(23)24)20(10-9-19-13(2)22)11-14-7-8-17(27-14)15-5-3-4-6-16(15)21(25)26/h3-8,12H,9-11H2,1-2H3,(H,19,22)(H,23,24). The minimum atomic E-state index is -0.951. The fraction of sp³-hybridized carbons (Fsp3) is 0.333. The van der Waals surface area contributed by atoms with Gasteiger partial charge >= 0.3 is 5.97 Å². The first kappa shape index (κ1) is 20.5. The first-order valence-electron chi connectivity index (χ1n) is 8.33. The summed E-state index contributed by atoms with van der Waals surface area (Å²) in [7, 11) is 0. The van der Waals surface area contributed by atoms with Crippen LogP contribution in [-0.4, -0.2) is 45.9 Å². The minimum Gasteiger partial charge on any atom is -0.480 e. The summed E-state index contributed by atoms with van der Waals surface area (Å²) in [6, 6.07) is 9.44. The van der Waals surface area contributed by atoms with Gasteiger partial charge in [0.1, 0.15) is 6.04 Å². The molecule has 1 heterocycles. The van der Waals surface area contributed by atoms with E-state index in [1.807, 2.05) is 6.07 Å². The number of thiophene rings is 1. The lowest BCUT2D eigenvalue weighted by Crippen LogP contribution is -2.42. The number of rotatable bonds is 9. The van der Waals surface area contributed by atoms with Gasteiger partial charge in [-0.15, -0.1) is 11.3 Å². The Labute approximate surface area is 160 Å². The van der Waals surface area contributed by atoms with E-state index in [9.17, 15) is 24.8 Å². The Balaban J connectivity index is 2.19. The van der Waals surface area contributed by atoms with E-state index in [2.05, 4.69) is 5.32 Å². The molecule has 1 amide bonds. The maximum atomic E-state index is 11.4. The monoisotopic (exact) mass is 391 g/mol. The lowest BCUT2D eigenvalue weighted by molar-refractivity contribution is -0.384. The highest BCUT2D eigenvalue weighted by atomic mass is 32.1. The van der Waals surface area contributed by atoms with Crippen molar-refractivity contribution in [2.45, 2.75) is 26.4 Å². The van der Waals surface area contributed by atoms with Gasteiger partial charge in [0.25, 0.3) is 5.69 Å². The van der Waals surface area contributed by atoms with E-state index in [1.165, 1.54) is 24.3 Å². The van der Waals surface area contributed by atoms with Crippen LogP contribution in [0.25, 0.3) is 10.4 Å². The molecule has 9 heteroatoms. The van der Waals surface area contributed by atoms with Crippen molar-refractivity contribution in [1.29, 1.82) is 0 Å². The summed E-state index contributed by atoms with van der Waals surface area (Å²) in [5.74, 6) is -1.12. The Bertz CT molecular complexity index is 836. The molecule has 0 saturated carbocycles. The molecule has 2 N–H and O–H groups in total. The van der Waals surface area contributed by atoms with Gasteiger partial charge in [-0.25, -0.2) is 0 Å². The number of nitrogens with one attached hydrogen (secondary N) is 1. The number of hydrogen-bond donors (Lipinski definition) is 2. The normalized spacial score (nSPS) is 12.0. The van der Waals surface area contributed by atoms with Gasteiger partial charge in [-0.1, -0.05) is 12.1 Å². The van der Waals surface area contributed by atoms with Crippen molar-refractivity contribution in [1.82, 2.24) is 10.2 Å². The number of carbonyl (C=O) groups excluding carboxylic acids is 1. The molecule has 144 valence electrons. The van der Waals surface area contributed by atoms with Crippen LogP contribution < -0.4 is 5.32 Å². The first-order chi connectivity index (χ1) is 12.8. The van der Waals surface area contributed by atoms with E-state index in [0.717, 1.165) is 9.75 Å². The quantitative estimate of drug-likeness (QED) is 0.502. The van der Waals surface area contributed by atoms with Crippen molar-refractivity contribution in [2.75, 3.05) is 13.1 Å². The summed E-state index contributed by atoms with van der Waals surface area (Å²) >= 11 is 1.39. The molecule has 1 atom stereocenters. The Morgan fingerprint density at radius 1 is 1.30 bits per heavy atom. The summed E-state index contributed by atoms with van der Waals surface area (Å²) in [4.78, 5) is 36.6. The van der Waals surface area contributed by atoms with E-state index in [-0.39, 0.29) is 11.6 Å². The van der Waals surface area contributed by atoms with Gasteiger partial charge in [0, 0.05) is 42.4 Å². The zero-order valence-corrected chi connectivity index (χ0v) is 15.9. The number of para-hydroxylation sites is 1. The minimum absolute atomic E-state index is 0.0346. The van der Waals surface area contributed by atoms with Crippen LogP contribution >= 0.6 is 11.3 Å². The first-order valence-corrected chi connectivity index (χ1v) is 9.15. The third-order valence-corrected chi connectivity index (χ3v) is 5.17. The average Bonchev–Trinajstić information content (AvgIpc) is 3.08. The highest BCUT2D eigenvalue weighted by molar-refractivity contribution is 7.15. The maximum Gasteiger partial charge on any atom is 0.320 e. The molecular weight excluding hydrogens is 370 g/mol. The molecule has 0 fully saturated rings. The summed E-state index contributed by atoms with van der Waals surface area (Å²) in [6.45, 7) is 4.09. The number of nitrogens with zero attached hydrogens (tertiary/aromatic N) is 2. The Morgan fingerprint density at radius 2 is 2.00 bits per heavy atom. The smallest absolute Gasteiger partial charge is 0.320 e. The van der Waals surface area contributed by atoms with E-state index in [0.29, 0.717) is 25.2 Å². The fourth-order valence-corrected chi connectivity index (χ4v) is 3.66. The van der Waals surface area contributed by atoms with Gasteiger partial charge < -0.3 is 10.4 Å². The molecule has 0 spiro atoms. The van der Waals surface area contributed by atoms with Crippen molar-refractivity contribution >= 4 is 28.9 Å². The van der Waals surface area contributed by atoms with Crippen LogP contribution in [0.4, 0.5) is 5.69 Å². The highest BCUT2D eigenvalue weighted by Crippen LogP contribution is 2.35. The number of aliphatic carboxylic acids is 1. The third-order valence-electron chi connectivity index (χ3n) is 4.06. The van der Waals surface area contributed by atoms with Gasteiger partial charge in [-0.3, -0.25) is 24.6 Å². The molecule has 8 nitrogen and oxygen atoms in total. The van der Waals surface area contributed by atoms with Crippen LogP contribution in [-0.2, 0) is 16.1 Å². The van der Waals surface area contributed by atoms with Gasteiger partial charge in [-0.05, 0) is 25.1 Å². The number of nitro benzene ring substituents is 1. The number of nitro groups is 1. The largest absolute Gasteiger partial charge is 0.480 e. The van der Waals surface area contributed by atoms with Crippen molar-refractivity contribution in [3.63, 3.8) is 0 Å². The zero-order chi connectivity index (χ0) is 20.0. The number of carboxylic acid groups (broad SMARTS) is 1. The van der Waals surface area contributed by atoms with Crippen LogP contribution in [0.3, 0.4) is 0 Å². The molecule has 1 unspecified atom stereocenters. The van der Waals surface area contributed by atoms with Crippen LogP contribution in [0.1, 0.15) is 18.7 Å². The van der Waals surface area contributed by atoms with Crippen LogP contribution in [0.2, 0.25) is 0 Å². The van der Waals surface area contributed by atoms with Gasteiger partial charge in [-0.2, -0.15) is 0 Å². The predicted molar refractivity (Wildman–Crippen MR) is 103 cm³/mol. The van der Waals surface area contributed by atoms with Crippen molar-refractivity contribution < 1.29 is 19.6 Å². The van der Waals surface area contributed by atoms with Gasteiger partial charge in [0.05, 0.1) is 10.5 Å². The Hall–Kier alpha value is -2.78. The fourth-order valence-electron chi connectivity index (χ4n) is 2.59. The van der Waals surface area contributed by atoms with Crippen molar-refractivity contribution in [3.8, 4) is 10.4 Å². The number of carboxylic acids is 1. The zero-order valence-electron chi connectivity index (χ0n) is 15.0. The van der Waals surface area contributed by atoms with Crippen molar-refractivity contribution in [2.24, 2.45) is 0 Å². The predicted octanol–water partition coefficient (Wildman–Crippen LogP) is 2.73. The molecule has 0 saturated heterocycles. The van der Waals surface area contributed by atoms with E-state index < -0.39 is 16.9 Å². The van der Waals surface area contributed by atoms with E-state index >= 15 is 0 Å². The number of hydrogen-bond acceptors (Lipinski definition) is 6. The molecule has 0 aliphatic heterocycles. The molecule has 0 radical (unpaired) electrons. The topological polar surface area (TPSA) is 113 Å². The summed E-state index contributed by atoms with van der Waals surface area (Å²) in [5.41, 5.74) is 0.571. The van der Waals surface area contributed by atoms with Crippen LogP contribution in [0.15, 0.2) is 36.4 Å². The third kappa shape index (κ3) is 5.60. The molecule has 0 aliphatic rings. The second-order valence-electron chi connectivity index (χ2n) is 6.01. The summed E-state index contributed by atoms with van der Waals surface area (Å²) in [5, 5.41) is 23.2. The Morgan fingerprint density at radius 3 is 2.63 bits per heavy atom. The lowest BCUT2D eigenvalue weighted by atomic mass is 10.1. The summed E-state index contributed by atoms with van der Waals surface area (Å²) in [6.07, 6.45) is 0. The SMILES string of the molecule is CC(=O)NCCN(Cc1ccc(-c2ccccc2[N+](=O)[O-])s1)C(C)C(=O)O. The van der Waals surface area contributed by atoms with Crippen LogP contribution in [0, 0.1) is 10.1 Å². The number of carbonyl (C=O) groups is 2. The average molecular weight is 391 g/mol. The number of amides is 1. The van der Waals surface area contributed by atoms with Gasteiger partial charge in [0.15, 0.2) is 0 Å². The van der Waals surface area contributed by atoms with Gasteiger partial charge in [0.2, 0.25) is 5.91 Å². The second-order valence-corrected chi connectivity index (χ2v) is 7.18. The molecule has 2 rings (SSSR count). The molecule has 0 bridgehead atoms. The summed E-state index contributed by atoms with van der Waals surface area (Å²) < 4.78 is 0. The van der Waals surface area contributed by atoms with E-state index in [4.69, 9.17) is 0 Å². The highest BCUT2D eigenvalue weighted by Gasteiger charge is 2.22. The Kier molecular flexibility index (Phi) is 7.03. The van der Waals surface area contributed by atoms with E-state index in [1.54, 1.807) is 36.1 Å². The second kappa shape index (κ2) is 9.24. The lowest BCUT2D eigenvalue weighted by Gasteiger charge is -2.25. The molecule has 27 heavy (non-hydrogen) atoms.